The van der Waals surface area contributed by atoms with Crippen LogP contribution in [0.2, 0.25) is 0 Å². The molecule has 0 atom stereocenters. The Kier molecular flexibility index (Phi) is 4.47. The Morgan fingerprint density at radius 3 is 2.53 bits per heavy atom. The molecule has 0 radical (unpaired) electrons. The highest BCUT2D eigenvalue weighted by Gasteiger charge is 2.28. The summed E-state index contributed by atoms with van der Waals surface area (Å²) in [7, 11) is 1.89. The fourth-order valence-electron chi connectivity index (χ4n) is 2.09. The third-order valence-electron chi connectivity index (χ3n) is 3.15. The molecule has 17 heavy (non-hydrogen) atoms. The van der Waals surface area contributed by atoms with E-state index in [9.17, 15) is 4.79 Å². The monoisotopic (exact) mass is 407 g/mol. The molecule has 1 aliphatic rings. The van der Waals surface area contributed by atoms with Crippen molar-refractivity contribution in [1.29, 1.82) is 0 Å². The van der Waals surface area contributed by atoms with Gasteiger partial charge in [0.15, 0.2) is 0 Å². The third-order valence-corrected chi connectivity index (χ3v) is 4.61. The van der Waals surface area contributed by atoms with Gasteiger partial charge in [-0.2, -0.15) is 0 Å². The van der Waals surface area contributed by atoms with Crippen LogP contribution in [-0.4, -0.2) is 29.2 Å². The molecule has 0 aromatic heterocycles. The van der Waals surface area contributed by atoms with Gasteiger partial charge in [0.05, 0.1) is 0 Å². The van der Waals surface area contributed by atoms with Crippen LogP contribution in [-0.2, 0) is 0 Å². The Hall–Kier alpha value is -0.100. The molecule has 4 heteroatoms. The molecule has 1 aromatic rings. The van der Waals surface area contributed by atoms with E-state index in [1.165, 1.54) is 12.8 Å². The maximum Gasteiger partial charge on any atom is 0.253 e. The van der Waals surface area contributed by atoms with Crippen molar-refractivity contribution >= 4 is 44.4 Å². The van der Waals surface area contributed by atoms with Gasteiger partial charge in [-0.25, -0.2) is 0 Å². The van der Waals surface area contributed by atoms with Gasteiger partial charge in [0.25, 0.3) is 5.91 Å². The second-order valence-corrected chi connectivity index (χ2v) is 7.17. The number of carbonyl (C=O) groups is 1. The zero-order valence-corrected chi connectivity index (χ0v) is 13.4. The quantitative estimate of drug-likeness (QED) is 0.554. The van der Waals surface area contributed by atoms with Gasteiger partial charge in [-0.05, 0) is 65.6 Å². The van der Waals surface area contributed by atoms with Crippen LogP contribution in [0.25, 0.3) is 0 Å². The predicted octanol–water partition coefficient (Wildman–Crippen LogP) is 3.54. The fourth-order valence-corrected chi connectivity index (χ4v) is 3.50. The lowest BCUT2D eigenvalue weighted by Crippen LogP contribution is -2.37. The number of benzene rings is 1. The van der Waals surface area contributed by atoms with Crippen LogP contribution in [0.3, 0.4) is 0 Å². The normalized spacial score (nSPS) is 23.0. The van der Waals surface area contributed by atoms with Crippen molar-refractivity contribution in [1.82, 2.24) is 4.90 Å². The first-order chi connectivity index (χ1) is 8.06. The van der Waals surface area contributed by atoms with Crippen LogP contribution in [0.4, 0.5) is 0 Å². The van der Waals surface area contributed by atoms with Crippen molar-refractivity contribution in [2.45, 2.75) is 17.7 Å². The van der Waals surface area contributed by atoms with Gasteiger partial charge in [-0.3, -0.25) is 4.79 Å². The van der Waals surface area contributed by atoms with E-state index in [4.69, 9.17) is 0 Å². The van der Waals surface area contributed by atoms with Crippen molar-refractivity contribution in [3.63, 3.8) is 0 Å². The largest absolute Gasteiger partial charge is 0.341 e. The lowest BCUT2D eigenvalue weighted by atomic mass is 9.85. The van der Waals surface area contributed by atoms with E-state index < -0.39 is 0 Å². The first kappa shape index (κ1) is 13.3. The highest BCUT2D eigenvalue weighted by Crippen LogP contribution is 2.33. The summed E-state index contributed by atoms with van der Waals surface area (Å²) in [5.74, 6) is 0.789. The molecule has 1 aromatic carbocycles. The first-order valence-corrected chi connectivity index (χ1v) is 7.71. The number of amides is 1. The third kappa shape index (κ3) is 3.44. The molecule has 0 unspecified atom stereocenters. The Balaban J connectivity index is 1.92. The second-order valence-electron chi connectivity index (χ2n) is 4.63. The summed E-state index contributed by atoms with van der Waals surface area (Å²) >= 11 is 5.82. The SMILES string of the molecule is CN(CC1CC(Br)C1)C(=O)c1ccc(I)cc1. The number of rotatable bonds is 3. The Labute approximate surface area is 124 Å². The smallest absolute Gasteiger partial charge is 0.253 e. The zero-order valence-electron chi connectivity index (χ0n) is 9.70. The molecule has 1 amide bonds. The standard InChI is InChI=1S/C13H15BrINO/c1-16(8-9-6-11(14)7-9)13(17)10-2-4-12(15)5-3-10/h2-5,9,11H,6-8H2,1H3. The molecule has 0 saturated heterocycles. The van der Waals surface area contributed by atoms with Crippen LogP contribution >= 0.6 is 38.5 Å². The number of alkyl halides is 1. The van der Waals surface area contributed by atoms with Gasteiger partial charge in [0, 0.05) is 27.6 Å². The van der Waals surface area contributed by atoms with Gasteiger partial charge < -0.3 is 4.90 Å². The number of carbonyl (C=O) groups excluding carboxylic acids is 1. The summed E-state index contributed by atoms with van der Waals surface area (Å²) < 4.78 is 1.16. The number of halogens is 2. The van der Waals surface area contributed by atoms with E-state index >= 15 is 0 Å². The summed E-state index contributed by atoms with van der Waals surface area (Å²) in [6.07, 6.45) is 2.37. The summed E-state index contributed by atoms with van der Waals surface area (Å²) in [5.41, 5.74) is 0.780. The maximum atomic E-state index is 12.1. The molecule has 2 rings (SSSR count). The molecule has 92 valence electrons. The van der Waals surface area contributed by atoms with Gasteiger partial charge in [0.2, 0.25) is 0 Å². The highest BCUT2D eigenvalue weighted by molar-refractivity contribution is 14.1. The van der Waals surface area contributed by atoms with Gasteiger partial charge in [-0.1, -0.05) is 15.9 Å². The first-order valence-electron chi connectivity index (χ1n) is 5.71. The maximum absolute atomic E-state index is 12.1. The predicted molar refractivity (Wildman–Crippen MR) is 81.6 cm³/mol. The molecule has 0 spiro atoms. The fraction of sp³-hybridized carbons (Fsp3) is 0.462. The molecule has 0 aliphatic heterocycles. The molecule has 1 saturated carbocycles. The van der Waals surface area contributed by atoms with Crippen molar-refractivity contribution in [3.8, 4) is 0 Å². The minimum Gasteiger partial charge on any atom is -0.341 e. The Bertz CT molecular complexity index is 400. The van der Waals surface area contributed by atoms with Crippen molar-refractivity contribution in [2.24, 2.45) is 5.92 Å². The van der Waals surface area contributed by atoms with Crippen molar-refractivity contribution < 1.29 is 4.79 Å². The van der Waals surface area contributed by atoms with Crippen molar-refractivity contribution in [2.75, 3.05) is 13.6 Å². The van der Waals surface area contributed by atoms with E-state index in [0.29, 0.717) is 10.7 Å². The topological polar surface area (TPSA) is 20.3 Å². The van der Waals surface area contributed by atoms with Gasteiger partial charge in [-0.15, -0.1) is 0 Å². The summed E-state index contributed by atoms with van der Waals surface area (Å²) in [6, 6.07) is 7.74. The molecule has 1 aliphatic carbocycles. The van der Waals surface area contributed by atoms with E-state index in [2.05, 4.69) is 38.5 Å². The Morgan fingerprint density at radius 2 is 2.00 bits per heavy atom. The molecule has 0 heterocycles. The number of hydrogen-bond donors (Lipinski definition) is 0. The number of hydrogen-bond acceptors (Lipinski definition) is 1. The van der Waals surface area contributed by atoms with E-state index in [0.717, 1.165) is 15.7 Å². The van der Waals surface area contributed by atoms with E-state index in [-0.39, 0.29) is 5.91 Å². The molecular formula is C13H15BrINO. The average molecular weight is 408 g/mol. The minimum atomic E-state index is 0.124. The van der Waals surface area contributed by atoms with Crippen molar-refractivity contribution in [3.05, 3.63) is 33.4 Å². The van der Waals surface area contributed by atoms with Gasteiger partial charge in [0.1, 0.15) is 0 Å². The average Bonchev–Trinajstić information content (AvgIpc) is 2.27. The van der Waals surface area contributed by atoms with E-state index in [1.54, 1.807) is 0 Å². The highest BCUT2D eigenvalue weighted by atomic mass is 127. The zero-order chi connectivity index (χ0) is 12.4. The lowest BCUT2D eigenvalue weighted by molar-refractivity contribution is 0.0749. The van der Waals surface area contributed by atoms with Crippen LogP contribution in [0.5, 0.6) is 0 Å². The van der Waals surface area contributed by atoms with Crippen LogP contribution in [0, 0.1) is 9.49 Å². The summed E-state index contributed by atoms with van der Waals surface area (Å²) in [5, 5.41) is 0. The summed E-state index contributed by atoms with van der Waals surface area (Å²) in [6.45, 7) is 0.868. The summed E-state index contributed by atoms with van der Waals surface area (Å²) in [4.78, 5) is 14.6. The second kappa shape index (κ2) is 5.69. The molecule has 0 N–H and O–H groups in total. The molecule has 1 fully saturated rings. The minimum absolute atomic E-state index is 0.124. The van der Waals surface area contributed by atoms with Crippen LogP contribution in [0.1, 0.15) is 23.2 Å². The lowest BCUT2D eigenvalue weighted by Gasteiger charge is -2.34. The number of nitrogens with zero attached hydrogens (tertiary/aromatic N) is 1. The van der Waals surface area contributed by atoms with Crippen LogP contribution < -0.4 is 0 Å². The Morgan fingerprint density at radius 1 is 1.41 bits per heavy atom. The molecule has 2 nitrogen and oxygen atoms in total. The van der Waals surface area contributed by atoms with E-state index in [1.807, 2.05) is 36.2 Å². The molecular weight excluding hydrogens is 393 g/mol. The van der Waals surface area contributed by atoms with Crippen LogP contribution in [0.15, 0.2) is 24.3 Å². The van der Waals surface area contributed by atoms with Gasteiger partial charge >= 0.3 is 0 Å². The molecule has 0 bridgehead atoms.